The van der Waals surface area contributed by atoms with E-state index < -0.39 is 0 Å². The second-order valence-corrected chi connectivity index (χ2v) is 3.78. The zero-order valence-electron chi connectivity index (χ0n) is 10.0. The SMILES string of the molecule is OCCN1CN(CCO)CN(CCO)C1.[H+]. The van der Waals surface area contributed by atoms with Crippen molar-refractivity contribution in [3.63, 3.8) is 0 Å². The van der Waals surface area contributed by atoms with Crippen LogP contribution in [0.2, 0.25) is 0 Å². The van der Waals surface area contributed by atoms with Crippen molar-refractivity contribution in [2.75, 3.05) is 59.5 Å². The number of β-amino-alcohol motifs (C(OH)–C–C–N with tert-alkyl or cyclic N) is 3. The van der Waals surface area contributed by atoms with Crippen LogP contribution in [0.5, 0.6) is 0 Å². The molecule has 0 unspecified atom stereocenters. The van der Waals surface area contributed by atoms with Gasteiger partial charge in [-0.05, 0) is 0 Å². The van der Waals surface area contributed by atoms with E-state index in [4.69, 9.17) is 15.3 Å². The van der Waals surface area contributed by atoms with Gasteiger partial charge in [0.25, 0.3) is 0 Å². The minimum Gasteiger partial charge on any atom is -0.395 e. The van der Waals surface area contributed by atoms with Gasteiger partial charge in [0.1, 0.15) is 0 Å². The largest absolute Gasteiger partial charge is 1.00 e. The molecule has 1 fully saturated rings. The van der Waals surface area contributed by atoms with Crippen molar-refractivity contribution in [2.45, 2.75) is 0 Å². The molecule has 1 rings (SSSR count). The van der Waals surface area contributed by atoms with E-state index in [-0.39, 0.29) is 21.2 Å². The van der Waals surface area contributed by atoms with Crippen molar-refractivity contribution in [2.24, 2.45) is 0 Å². The standard InChI is InChI=1S/C9H21N3O3/c13-4-1-10-7-11(2-5-14)9-12(8-10)3-6-15/h13-15H,1-9H2/p+1. The Labute approximate surface area is 91.8 Å². The lowest BCUT2D eigenvalue weighted by atomic mass is 10.4. The van der Waals surface area contributed by atoms with Crippen LogP contribution in [0.3, 0.4) is 0 Å². The molecule has 0 aliphatic carbocycles. The van der Waals surface area contributed by atoms with Gasteiger partial charge in [0.05, 0.1) is 39.8 Å². The number of nitrogens with zero attached hydrogens (tertiary/aromatic N) is 3. The number of rotatable bonds is 6. The molecule has 0 aromatic heterocycles. The van der Waals surface area contributed by atoms with Gasteiger partial charge in [-0.2, -0.15) is 0 Å². The molecule has 15 heavy (non-hydrogen) atoms. The van der Waals surface area contributed by atoms with Gasteiger partial charge in [-0.25, -0.2) is 0 Å². The number of aliphatic hydroxyl groups excluding tert-OH is 3. The highest BCUT2D eigenvalue weighted by molar-refractivity contribution is 4.68. The summed E-state index contributed by atoms with van der Waals surface area (Å²) in [6.45, 7) is 4.60. The monoisotopic (exact) mass is 220 g/mol. The van der Waals surface area contributed by atoms with E-state index in [1.165, 1.54) is 0 Å². The third-order valence-electron chi connectivity index (χ3n) is 2.45. The van der Waals surface area contributed by atoms with Crippen LogP contribution in [0.4, 0.5) is 0 Å². The summed E-state index contributed by atoms with van der Waals surface area (Å²) in [5.41, 5.74) is 0. The second kappa shape index (κ2) is 7.10. The highest BCUT2D eigenvalue weighted by Crippen LogP contribution is 2.05. The van der Waals surface area contributed by atoms with Gasteiger partial charge in [-0.15, -0.1) is 0 Å². The highest BCUT2D eigenvalue weighted by Gasteiger charge is 2.21. The first kappa shape index (κ1) is 12.8. The third-order valence-corrected chi connectivity index (χ3v) is 2.45. The van der Waals surface area contributed by atoms with Crippen LogP contribution in [0, 0.1) is 0 Å². The van der Waals surface area contributed by atoms with E-state index in [1.807, 2.05) is 0 Å². The Kier molecular flexibility index (Phi) is 6.07. The summed E-state index contributed by atoms with van der Waals surface area (Å²) in [5.74, 6) is 0. The Bertz CT molecular complexity index is 142. The number of aliphatic hydroxyl groups is 3. The van der Waals surface area contributed by atoms with E-state index in [2.05, 4.69) is 14.7 Å². The smallest absolute Gasteiger partial charge is 0.395 e. The van der Waals surface area contributed by atoms with Gasteiger partial charge in [0.2, 0.25) is 0 Å². The van der Waals surface area contributed by atoms with Crippen LogP contribution in [0.25, 0.3) is 0 Å². The molecule has 0 atom stereocenters. The van der Waals surface area contributed by atoms with Crippen molar-refractivity contribution >= 4 is 0 Å². The van der Waals surface area contributed by atoms with Gasteiger partial charge in [0, 0.05) is 19.6 Å². The first-order valence-electron chi connectivity index (χ1n) is 5.29. The Morgan fingerprint density at radius 3 is 1.13 bits per heavy atom. The summed E-state index contributed by atoms with van der Waals surface area (Å²) in [6, 6.07) is 0. The molecule has 1 heterocycles. The van der Waals surface area contributed by atoms with Crippen molar-refractivity contribution in [1.82, 2.24) is 14.7 Å². The fraction of sp³-hybridized carbons (Fsp3) is 1.00. The minimum atomic E-state index is 0. The summed E-state index contributed by atoms with van der Waals surface area (Å²) in [7, 11) is 0. The summed E-state index contributed by atoms with van der Waals surface area (Å²) in [4.78, 5) is 6.28. The van der Waals surface area contributed by atoms with Crippen LogP contribution in [-0.2, 0) is 0 Å². The highest BCUT2D eigenvalue weighted by atomic mass is 16.3. The zero-order valence-corrected chi connectivity index (χ0v) is 9.05. The van der Waals surface area contributed by atoms with Gasteiger partial charge in [-0.3, -0.25) is 14.7 Å². The molecule has 90 valence electrons. The Hall–Kier alpha value is -0.240. The summed E-state index contributed by atoms with van der Waals surface area (Å²) < 4.78 is 0. The zero-order chi connectivity index (χ0) is 11.1. The Balaban J connectivity index is 0.00000225. The average Bonchev–Trinajstić information content (AvgIpc) is 2.19. The van der Waals surface area contributed by atoms with Gasteiger partial charge < -0.3 is 15.3 Å². The van der Waals surface area contributed by atoms with Crippen molar-refractivity contribution in [3.05, 3.63) is 0 Å². The molecule has 0 aromatic carbocycles. The second-order valence-electron chi connectivity index (χ2n) is 3.78. The molecule has 0 bridgehead atoms. The van der Waals surface area contributed by atoms with Crippen LogP contribution < -0.4 is 0 Å². The predicted molar refractivity (Wildman–Crippen MR) is 57.1 cm³/mol. The number of hydrogen-bond donors (Lipinski definition) is 3. The normalized spacial score (nSPS) is 21.0. The molecule has 0 aromatic rings. The van der Waals surface area contributed by atoms with Crippen LogP contribution >= 0.6 is 0 Å². The topological polar surface area (TPSA) is 70.4 Å². The average molecular weight is 220 g/mol. The number of hydrogen-bond acceptors (Lipinski definition) is 6. The molecule has 3 N–H and O–H groups in total. The molecule has 0 saturated carbocycles. The molecule has 1 aliphatic heterocycles. The molecule has 0 spiro atoms. The maximum absolute atomic E-state index is 8.87. The molecule has 6 heteroatoms. The summed E-state index contributed by atoms with van der Waals surface area (Å²) in [5, 5.41) is 26.6. The minimum absolute atomic E-state index is 0. The lowest BCUT2D eigenvalue weighted by Crippen LogP contribution is -2.56. The van der Waals surface area contributed by atoms with Crippen LogP contribution in [0.1, 0.15) is 1.43 Å². The Morgan fingerprint density at radius 1 is 0.667 bits per heavy atom. The van der Waals surface area contributed by atoms with E-state index in [1.54, 1.807) is 0 Å². The van der Waals surface area contributed by atoms with Crippen LogP contribution in [-0.4, -0.2) is 89.5 Å². The lowest BCUT2D eigenvalue weighted by Gasteiger charge is -2.41. The van der Waals surface area contributed by atoms with E-state index in [9.17, 15) is 0 Å². The van der Waals surface area contributed by atoms with E-state index >= 15 is 0 Å². The molecular formula is C9H22N3O3+. The van der Waals surface area contributed by atoms with E-state index in [0.717, 1.165) is 20.0 Å². The van der Waals surface area contributed by atoms with Crippen molar-refractivity contribution in [1.29, 1.82) is 0 Å². The maximum Gasteiger partial charge on any atom is 1.00 e. The van der Waals surface area contributed by atoms with Crippen molar-refractivity contribution in [3.8, 4) is 0 Å². The molecule has 6 nitrogen and oxygen atoms in total. The molecule has 1 aliphatic rings. The van der Waals surface area contributed by atoms with Gasteiger partial charge in [-0.1, -0.05) is 0 Å². The van der Waals surface area contributed by atoms with Crippen molar-refractivity contribution < 1.29 is 16.7 Å². The predicted octanol–water partition coefficient (Wildman–Crippen LogP) is -2.13. The Morgan fingerprint density at radius 2 is 0.933 bits per heavy atom. The van der Waals surface area contributed by atoms with E-state index in [0.29, 0.717) is 19.6 Å². The fourth-order valence-electron chi connectivity index (χ4n) is 1.83. The molecule has 0 radical (unpaired) electrons. The molecular weight excluding hydrogens is 198 g/mol. The molecule has 0 amide bonds. The fourth-order valence-corrected chi connectivity index (χ4v) is 1.83. The van der Waals surface area contributed by atoms with Gasteiger partial charge >= 0.3 is 1.43 Å². The summed E-state index contributed by atoms with van der Waals surface area (Å²) >= 11 is 0. The summed E-state index contributed by atoms with van der Waals surface area (Å²) in [6.07, 6.45) is 0. The third kappa shape index (κ3) is 4.42. The maximum atomic E-state index is 8.87. The lowest BCUT2D eigenvalue weighted by molar-refractivity contribution is -0.0448. The first-order chi connectivity index (χ1) is 7.30. The molecule has 1 saturated heterocycles. The van der Waals surface area contributed by atoms with Crippen LogP contribution in [0.15, 0.2) is 0 Å². The quantitative estimate of drug-likeness (QED) is 0.475. The van der Waals surface area contributed by atoms with Gasteiger partial charge in [0.15, 0.2) is 0 Å². The first-order valence-corrected chi connectivity index (χ1v) is 5.29.